The molecule has 1 fully saturated rings. The van der Waals surface area contributed by atoms with Gasteiger partial charge in [-0.05, 0) is 32.1 Å². The molecule has 104 valence electrons. The fourth-order valence-corrected chi connectivity index (χ4v) is 2.69. The second-order valence-electron chi connectivity index (χ2n) is 5.27. The Balaban J connectivity index is 1.97. The first-order valence-corrected chi connectivity index (χ1v) is 6.71. The molecule has 2 heterocycles. The number of carboxylic acids is 1. The topological polar surface area (TPSA) is 65.5 Å². The molecule has 1 atom stereocenters. The quantitative estimate of drug-likeness (QED) is 0.894. The summed E-state index contributed by atoms with van der Waals surface area (Å²) in [5.74, 6) is -0.281. The van der Waals surface area contributed by atoms with Gasteiger partial charge >= 0.3 is 5.97 Å². The molecule has 0 bridgehead atoms. The number of pyridine rings is 1. The minimum Gasteiger partial charge on any atom is -0.478 e. The number of fused-ring (bicyclic) bond motifs is 1. The van der Waals surface area contributed by atoms with Crippen molar-refractivity contribution in [2.45, 2.75) is 12.5 Å². The number of nitrogens with zero attached hydrogens (tertiary/aromatic N) is 2. The Morgan fingerprint density at radius 3 is 2.95 bits per heavy atom. The summed E-state index contributed by atoms with van der Waals surface area (Å²) in [6.45, 7) is 2.01. The fourth-order valence-electron chi connectivity index (χ4n) is 2.69. The lowest BCUT2D eigenvalue weighted by molar-refractivity contribution is 0.0699. The molecule has 5 nitrogen and oxygen atoms in total. The van der Waals surface area contributed by atoms with Crippen LogP contribution in [0.25, 0.3) is 10.9 Å². The van der Waals surface area contributed by atoms with Crippen LogP contribution in [-0.2, 0) is 0 Å². The van der Waals surface area contributed by atoms with Gasteiger partial charge in [-0.2, -0.15) is 0 Å². The van der Waals surface area contributed by atoms with Crippen LogP contribution in [0, 0.1) is 0 Å². The molecule has 0 amide bonds. The number of hydrogen-bond acceptors (Lipinski definition) is 4. The lowest BCUT2D eigenvalue weighted by Gasteiger charge is -2.14. The Bertz CT molecular complexity index is 657. The van der Waals surface area contributed by atoms with Crippen LogP contribution in [0.1, 0.15) is 16.8 Å². The first kappa shape index (κ1) is 12.9. The van der Waals surface area contributed by atoms with Crippen molar-refractivity contribution in [2.75, 3.05) is 25.5 Å². The number of nitrogens with one attached hydrogen (secondary N) is 1. The van der Waals surface area contributed by atoms with E-state index in [0.717, 1.165) is 19.5 Å². The van der Waals surface area contributed by atoms with Gasteiger partial charge in [0.25, 0.3) is 0 Å². The molecule has 1 aliphatic heterocycles. The summed E-state index contributed by atoms with van der Waals surface area (Å²) in [5, 5.41) is 13.4. The van der Waals surface area contributed by atoms with Crippen LogP contribution in [0.3, 0.4) is 0 Å². The van der Waals surface area contributed by atoms with E-state index < -0.39 is 5.97 Å². The summed E-state index contributed by atoms with van der Waals surface area (Å²) in [4.78, 5) is 18.2. The Morgan fingerprint density at radius 1 is 1.45 bits per heavy atom. The monoisotopic (exact) mass is 271 g/mol. The maximum atomic E-state index is 11.4. The molecule has 1 aromatic heterocycles. The number of likely N-dealkylation sites (tertiary alicyclic amines) is 1. The molecule has 2 N–H and O–H groups in total. The molecule has 2 aromatic rings. The number of carbonyl (C=O) groups is 1. The zero-order chi connectivity index (χ0) is 14.1. The Hall–Kier alpha value is -2.14. The van der Waals surface area contributed by atoms with Gasteiger partial charge in [0.15, 0.2) is 0 Å². The smallest absolute Gasteiger partial charge is 0.336 e. The second-order valence-corrected chi connectivity index (χ2v) is 5.27. The highest BCUT2D eigenvalue weighted by Crippen LogP contribution is 2.22. The number of carboxylic acid groups (broad SMARTS) is 1. The maximum absolute atomic E-state index is 11.4. The third-order valence-corrected chi connectivity index (χ3v) is 3.69. The average Bonchev–Trinajstić information content (AvgIpc) is 2.83. The van der Waals surface area contributed by atoms with Crippen molar-refractivity contribution in [2.24, 2.45) is 0 Å². The van der Waals surface area contributed by atoms with Gasteiger partial charge in [0.2, 0.25) is 0 Å². The summed E-state index contributed by atoms with van der Waals surface area (Å²) in [6, 6.07) is 9.29. The van der Waals surface area contributed by atoms with E-state index in [-0.39, 0.29) is 0 Å². The van der Waals surface area contributed by atoms with E-state index in [1.165, 1.54) is 0 Å². The van der Waals surface area contributed by atoms with Crippen LogP contribution in [0.2, 0.25) is 0 Å². The highest BCUT2D eigenvalue weighted by molar-refractivity contribution is 6.03. The Morgan fingerprint density at radius 2 is 2.25 bits per heavy atom. The van der Waals surface area contributed by atoms with E-state index in [9.17, 15) is 9.90 Å². The largest absolute Gasteiger partial charge is 0.478 e. The molecule has 20 heavy (non-hydrogen) atoms. The van der Waals surface area contributed by atoms with E-state index in [1.54, 1.807) is 12.1 Å². The Kier molecular flexibility index (Phi) is 3.28. The maximum Gasteiger partial charge on any atom is 0.336 e. The van der Waals surface area contributed by atoms with Gasteiger partial charge in [-0.3, -0.25) is 0 Å². The van der Waals surface area contributed by atoms with Crippen molar-refractivity contribution in [1.29, 1.82) is 0 Å². The summed E-state index contributed by atoms with van der Waals surface area (Å²) < 4.78 is 0. The van der Waals surface area contributed by atoms with Crippen molar-refractivity contribution >= 4 is 22.7 Å². The number of aromatic nitrogens is 1. The molecule has 0 radical (unpaired) electrons. The van der Waals surface area contributed by atoms with E-state index in [4.69, 9.17) is 0 Å². The van der Waals surface area contributed by atoms with Gasteiger partial charge in [-0.15, -0.1) is 0 Å². The van der Waals surface area contributed by atoms with Crippen LogP contribution in [0.5, 0.6) is 0 Å². The molecule has 0 spiro atoms. The first-order valence-electron chi connectivity index (χ1n) is 6.71. The molecule has 0 saturated carbocycles. The molecule has 1 unspecified atom stereocenters. The summed E-state index contributed by atoms with van der Waals surface area (Å²) in [5.41, 5.74) is 1.01. The molecular weight excluding hydrogens is 254 g/mol. The van der Waals surface area contributed by atoms with Crippen molar-refractivity contribution in [3.05, 3.63) is 35.9 Å². The minimum absolute atomic E-state index is 0.296. The molecule has 1 aliphatic rings. The summed E-state index contributed by atoms with van der Waals surface area (Å²) in [7, 11) is 2.08. The van der Waals surface area contributed by atoms with Gasteiger partial charge in [0.1, 0.15) is 5.82 Å². The molecule has 3 rings (SSSR count). The predicted octanol–water partition coefficient (Wildman–Crippen LogP) is 2.05. The van der Waals surface area contributed by atoms with Gasteiger partial charge in [-0.1, -0.05) is 18.2 Å². The van der Waals surface area contributed by atoms with E-state index in [1.807, 2.05) is 18.2 Å². The third kappa shape index (κ3) is 2.44. The zero-order valence-corrected chi connectivity index (χ0v) is 11.3. The Labute approximate surface area is 117 Å². The fraction of sp³-hybridized carbons (Fsp3) is 0.333. The van der Waals surface area contributed by atoms with Crippen molar-refractivity contribution < 1.29 is 9.90 Å². The van der Waals surface area contributed by atoms with E-state index in [0.29, 0.717) is 28.3 Å². The number of hydrogen-bond donors (Lipinski definition) is 2. The summed E-state index contributed by atoms with van der Waals surface area (Å²) in [6.07, 6.45) is 1.05. The molecular formula is C15H17N3O2. The summed E-state index contributed by atoms with van der Waals surface area (Å²) >= 11 is 0. The lowest BCUT2D eigenvalue weighted by atomic mass is 10.1. The standard InChI is InChI=1S/C15H17N3O2/c1-18-7-6-10(9-18)16-14-8-12(15(19)20)11-4-2-3-5-13(11)17-14/h2-5,8,10H,6-7,9H2,1H3,(H,16,17)(H,19,20). The van der Waals surface area contributed by atoms with Crippen molar-refractivity contribution in [3.63, 3.8) is 0 Å². The first-order chi connectivity index (χ1) is 9.63. The third-order valence-electron chi connectivity index (χ3n) is 3.69. The molecule has 0 aliphatic carbocycles. The lowest BCUT2D eigenvalue weighted by Crippen LogP contribution is -2.24. The normalized spacial score (nSPS) is 19.4. The molecule has 5 heteroatoms. The number of likely N-dealkylation sites (N-methyl/N-ethyl adjacent to an activating group) is 1. The number of aromatic carboxylic acids is 1. The highest BCUT2D eigenvalue weighted by Gasteiger charge is 2.20. The minimum atomic E-state index is -0.921. The molecule has 1 saturated heterocycles. The number of benzene rings is 1. The van der Waals surface area contributed by atoms with Gasteiger partial charge in [0.05, 0.1) is 11.1 Å². The number of rotatable bonds is 3. The van der Waals surface area contributed by atoms with Gasteiger partial charge in [0, 0.05) is 18.0 Å². The van der Waals surface area contributed by atoms with Crippen LogP contribution in [0.4, 0.5) is 5.82 Å². The van der Waals surface area contributed by atoms with Crippen molar-refractivity contribution in [1.82, 2.24) is 9.88 Å². The number of anilines is 1. The van der Waals surface area contributed by atoms with Crippen LogP contribution in [0.15, 0.2) is 30.3 Å². The average molecular weight is 271 g/mol. The van der Waals surface area contributed by atoms with Crippen LogP contribution < -0.4 is 5.32 Å². The highest BCUT2D eigenvalue weighted by atomic mass is 16.4. The van der Waals surface area contributed by atoms with E-state index >= 15 is 0 Å². The zero-order valence-electron chi connectivity index (χ0n) is 11.3. The number of para-hydroxylation sites is 1. The van der Waals surface area contributed by atoms with Crippen LogP contribution in [-0.4, -0.2) is 47.1 Å². The van der Waals surface area contributed by atoms with Crippen molar-refractivity contribution in [3.8, 4) is 0 Å². The predicted molar refractivity (Wildman–Crippen MR) is 78.2 cm³/mol. The SMILES string of the molecule is CN1CCC(Nc2cc(C(=O)O)c3ccccc3n2)C1. The second kappa shape index (κ2) is 5.09. The van der Waals surface area contributed by atoms with E-state index in [2.05, 4.69) is 22.2 Å². The van der Waals surface area contributed by atoms with Gasteiger partial charge in [-0.25, -0.2) is 9.78 Å². The molecule has 1 aromatic carbocycles. The van der Waals surface area contributed by atoms with Gasteiger partial charge < -0.3 is 15.3 Å². The van der Waals surface area contributed by atoms with Crippen LogP contribution >= 0.6 is 0 Å².